The maximum absolute atomic E-state index is 13.6. The van der Waals surface area contributed by atoms with Crippen molar-refractivity contribution >= 4 is 75.4 Å². The lowest BCUT2D eigenvalue weighted by molar-refractivity contribution is 0.596. The van der Waals surface area contributed by atoms with Crippen LogP contribution in [0.15, 0.2) is 166 Å². The number of fused-ring (bicyclic) bond motifs is 10. The Morgan fingerprint density at radius 2 is 1.10 bits per heavy atom. The van der Waals surface area contributed by atoms with E-state index in [4.69, 9.17) is 4.42 Å². The summed E-state index contributed by atoms with van der Waals surface area (Å²) < 4.78 is 38.2. The first-order chi connectivity index (χ1) is 24.5. The summed E-state index contributed by atoms with van der Waals surface area (Å²) >= 11 is 0. The molecule has 0 N–H and O–H groups in total. The summed E-state index contributed by atoms with van der Waals surface area (Å²) in [4.78, 5) is 0.323. The third-order valence-electron chi connectivity index (χ3n) is 9.77. The average molecular weight is 664 g/mol. The minimum atomic E-state index is -3.80. The summed E-state index contributed by atoms with van der Waals surface area (Å²) in [7, 11) is -3.80. The maximum atomic E-state index is 13.6. The van der Waals surface area contributed by atoms with Gasteiger partial charge < -0.3 is 13.6 Å². The van der Waals surface area contributed by atoms with Crippen molar-refractivity contribution in [3.8, 4) is 17.4 Å². The number of furan rings is 1. The van der Waals surface area contributed by atoms with E-state index in [9.17, 15) is 13.7 Å². The first kappa shape index (κ1) is 28.4. The van der Waals surface area contributed by atoms with Gasteiger partial charge in [-0.25, -0.2) is 8.42 Å². The van der Waals surface area contributed by atoms with E-state index in [-0.39, 0.29) is 9.79 Å². The van der Waals surface area contributed by atoms with E-state index >= 15 is 0 Å². The summed E-state index contributed by atoms with van der Waals surface area (Å²) in [6.07, 6.45) is 0. The minimum Gasteiger partial charge on any atom is -0.456 e. The molecule has 236 valence electrons. The molecule has 0 fully saturated rings. The van der Waals surface area contributed by atoms with Crippen LogP contribution < -0.4 is 0 Å². The Bertz CT molecular complexity index is 3150. The Hall–Kier alpha value is -6.62. The van der Waals surface area contributed by atoms with E-state index in [0.29, 0.717) is 5.56 Å². The molecular formula is C43H25N3O3S. The Kier molecular flexibility index (Phi) is 5.93. The van der Waals surface area contributed by atoms with E-state index in [0.717, 1.165) is 76.9 Å². The molecule has 0 bridgehead atoms. The maximum Gasteiger partial charge on any atom is 0.206 e. The van der Waals surface area contributed by atoms with Crippen LogP contribution in [-0.2, 0) is 9.84 Å². The number of hydrogen-bond acceptors (Lipinski definition) is 4. The normalized spacial score (nSPS) is 12.1. The Balaban J connectivity index is 1.29. The second-order valence-corrected chi connectivity index (χ2v) is 14.4. The van der Waals surface area contributed by atoms with Gasteiger partial charge in [-0.1, -0.05) is 54.6 Å². The molecular weight excluding hydrogens is 639 g/mol. The number of nitriles is 1. The summed E-state index contributed by atoms with van der Waals surface area (Å²) in [6.45, 7) is 0. The van der Waals surface area contributed by atoms with Crippen molar-refractivity contribution in [3.63, 3.8) is 0 Å². The van der Waals surface area contributed by atoms with Crippen molar-refractivity contribution in [1.29, 1.82) is 5.26 Å². The van der Waals surface area contributed by atoms with Crippen molar-refractivity contribution < 1.29 is 12.8 Å². The van der Waals surface area contributed by atoms with Crippen LogP contribution in [-0.4, -0.2) is 17.6 Å². The third-order valence-corrected chi connectivity index (χ3v) is 11.6. The zero-order chi connectivity index (χ0) is 33.6. The van der Waals surface area contributed by atoms with Gasteiger partial charge in [0.15, 0.2) is 0 Å². The number of nitrogens with zero attached hydrogens (tertiary/aromatic N) is 3. The molecule has 0 aliphatic rings. The van der Waals surface area contributed by atoms with Crippen LogP contribution in [0.4, 0.5) is 0 Å². The molecule has 10 aromatic rings. The predicted octanol–water partition coefficient (Wildman–Crippen LogP) is 10.5. The second-order valence-electron chi connectivity index (χ2n) is 12.5. The van der Waals surface area contributed by atoms with Gasteiger partial charge in [-0.2, -0.15) is 5.26 Å². The topological polar surface area (TPSA) is 80.9 Å². The first-order valence-electron chi connectivity index (χ1n) is 16.2. The molecule has 50 heavy (non-hydrogen) atoms. The molecule has 0 atom stereocenters. The highest BCUT2D eigenvalue weighted by molar-refractivity contribution is 7.91. The van der Waals surface area contributed by atoms with Gasteiger partial charge in [-0.3, -0.25) is 0 Å². The number of benzene rings is 7. The monoisotopic (exact) mass is 663 g/mol. The third kappa shape index (κ3) is 3.97. The average Bonchev–Trinajstić information content (AvgIpc) is 3.81. The summed E-state index contributed by atoms with van der Waals surface area (Å²) in [5.74, 6) is 0. The van der Waals surface area contributed by atoms with Crippen LogP contribution in [0.5, 0.6) is 0 Å². The second kappa shape index (κ2) is 10.4. The Morgan fingerprint density at radius 1 is 0.500 bits per heavy atom. The molecule has 7 aromatic carbocycles. The number of rotatable bonds is 4. The Labute approximate surface area is 286 Å². The molecule has 3 heterocycles. The van der Waals surface area contributed by atoms with Gasteiger partial charge >= 0.3 is 0 Å². The Morgan fingerprint density at radius 3 is 1.84 bits per heavy atom. The highest BCUT2D eigenvalue weighted by Gasteiger charge is 2.23. The van der Waals surface area contributed by atoms with Gasteiger partial charge in [-0.05, 0) is 97.1 Å². The number of hydrogen-bond donors (Lipinski definition) is 0. The van der Waals surface area contributed by atoms with E-state index in [1.807, 2.05) is 48.5 Å². The van der Waals surface area contributed by atoms with Crippen LogP contribution in [0.25, 0.3) is 76.9 Å². The largest absolute Gasteiger partial charge is 0.456 e. The van der Waals surface area contributed by atoms with E-state index in [1.165, 1.54) is 24.3 Å². The van der Waals surface area contributed by atoms with Gasteiger partial charge in [0.2, 0.25) is 9.84 Å². The molecule has 0 unspecified atom stereocenters. The molecule has 0 amide bonds. The molecule has 0 radical (unpaired) electrons. The lowest BCUT2D eigenvalue weighted by Crippen LogP contribution is -2.03. The van der Waals surface area contributed by atoms with Crippen LogP contribution >= 0.6 is 0 Å². The van der Waals surface area contributed by atoms with Crippen LogP contribution in [0.2, 0.25) is 0 Å². The molecule has 3 aromatic heterocycles. The van der Waals surface area contributed by atoms with Gasteiger partial charge in [0.1, 0.15) is 11.2 Å². The fourth-order valence-corrected chi connectivity index (χ4v) is 8.78. The molecule has 0 aliphatic carbocycles. The zero-order valence-electron chi connectivity index (χ0n) is 26.4. The molecule has 10 rings (SSSR count). The summed E-state index contributed by atoms with van der Waals surface area (Å²) in [5, 5.41) is 15.6. The van der Waals surface area contributed by atoms with E-state index in [2.05, 4.69) is 81.9 Å². The van der Waals surface area contributed by atoms with Crippen molar-refractivity contribution in [2.75, 3.05) is 0 Å². The van der Waals surface area contributed by atoms with Crippen molar-refractivity contribution in [2.45, 2.75) is 9.79 Å². The predicted molar refractivity (Wildman–Crippen MR) is 199 cm³/mol. The summed E-state index contributed by atoms with van der Waals surface area (Å²) in [5.41, 5.74) is 8.13. The van der Waals surface area contributed by atoms with Crippen molar-refractivity contribution in [1.82, 2.24) is 9.13 Å². The molecule has 0 aliphatic heterocycles. The van der Waals surface area contributed by atoms with Crippen molar-refractivity contribution in [3.05, 3.63) is 157 Å². The van der Waals surface area contributed by atoms with Gasteiger partial charge in [0.25, 0.3) is 0 Å². The van der Waals surface area contributed by atoms with E-state index < -0.39 is 9.84 Å². The number of para-hydroxylation sites is 3. The first-order valence-corrected chi connectivity index (χ1v) is 17.7. The molecule has 0 saturated heterocycles. The standard InChI is InChI=1S/C43H25N3O3S/c44-26-27-14-18-30(19-15-27)50(47,48)31-20-16-29(17-21-31)46-39-24-35-32-10-4-6-12-37(32)45(28-8-2-1-3-9-28)38(35)25-36(39)33-22-23-41-42(43(33)46)34-11-5-7-13-40(34)49-41/h1-25H. The smallest absolute Gasteiger partial charge is 0.206 e. The summed E-state index contributed by atoms with van der Waals surface area (Å²) in [6, 6.07) is 50.8. The molecule has 7 heteroatoms. The van der Waals surface area contributed by atoms with Gasteiger partial charge in [0.05, 0.1) is 48.9 Å². The number of sulfone groups is 1. The quantitative estimate of drug-likeness (QED) is 0.188. The fraction of sp³-hybridized carbons (Fsp3) is 0. The lowest BCUT2D eigenvalue weighted by atomic mass is 10.1. The van der Waals surface area contributed by atoms with Crippen LogP contribution in [0.1, 0.15) is 5.56 Å². The van der Waals surface area contributed by atoms with E-state index in [1.54, 1.807) is 12.1 Å². The molecule has 0 saturated carbocycles. The minimum absolute atomic E-state index is 0.143. The fourth-order valence-electron chi connectivity index (χ4n) is 7.52. The zero-order valence-corrected chi connectivity index (χ0v) is 27.2. The highest BCUT2D eigenvalue weighted by atomic mass is 32.2. The highest BCUT2D eigenvalue weighted by Crippen LogP contribution is 2.44. The van der Waals surface area contributed by atoms with Gasteiger partial charge in [0, 0.05) is 38.3 Å². The molecule has 0 spiro atoms. The lowest BCUT2D eigenvalue weighted by Gasteiger charge is -2.11. The van der Waals surface area contributed by atoms with Crippen LogP contribution in [0, 0.1) is 11.3 Å². The van der Waals surface area contributed by atoms with Crippen LogP contribution in [0.3, 0.4) is 0 Å². The SMILES string of the molecule is N#Cc1ccc(S(=O)(=O)c2ccc(-n3c4cc5c6ccccc6n(-c6ccccc6)c5cc4c4ccc5oc6ccccc6c5c43)cc2)cc1. The van der Waals surface area contributed by atoms with Crippen molar-refractivity contribution in [2.24, 2.45) is 0 Å². The molecule has 6 nitrogen and oxygen atoms in total. The van der Waals surface area contributed by atoms with Gasteiger partial charge in [-0.15, -0.1) is 0 Å². The number of aromatic nitrogens is 2.